The molecule has 1 N–H and O–H groups in total. The highest BCUT2D eigenvalue weighted by Gasteiger charge is 2.51. The highest BCUT2D eigenvalue weighted by atomic mass is 16.7. The molecule has 1 aliphatic heterocycles. The van der Waals surface area contributed by atoms with Crippen molar-refractivity contribution in [2.24, 2.45) is 11.8 Å². The molecule has 1 saturated heterocycles. The third-order valence-electron chi connectivity index (χ3n) is 7.06. The topological polar surface area (TPSA) is 47.6 Å². The number of carbonyl (C=O) groups is 1. The van der Waals surface area contributed by atoms with Gasteiger partial charge in [0.1, 0.15) is 5.75 Å². The van der Waals surface area contributed by atoms with Gasteiger partial charge in [-0.2, -0.15) is 0 Å². The second kappa shape index (κ2) is 7.22. The maximum absolute atomic E-state index is 11.8. The van der Waals surface area contributed by atoms with Gasteiger partial charge in [-0.05, 0) is 67.8 Å². The van der Waals surface area contributed by atoms with Crippen LogP contribution < -0.4 is 10.1 Å². The first-order valence-corrected chi connectivity index (χ1v) is 10.3. The molecular formula is C22H31NO3. The Morgan fingerprint density at radius 3 is 3.08 bits per heavy atom. The van der Waals surface area contributed by atoms with E-state index in [1.165, 1.54) is 43.2 Å². The molecule has 0 aromatic heterocycles. The zero-order valence-electron chi connectivity index (χ0n) is 16.1. The minimum absolute atomic E-state index is 0.00255. The van der Waals surface area contributed by atoms with Crippen molar-refractivity contribution in [2.75, 3.05) is 13.3 Å². The molecule has 1 saturated carbocycles. The van der Waals surface area contributed by atoms with Gasteiger partial charge in [0.05, 0.1) is 5.92 Å². The summed E-state index contributed by atoms with van der Waals surface area (Å²) >= 11 is 0. The first-order chi connectivity index (χ1) is 12.6. The number of carbonyl (C=O) groups excluding carboxylic acids is 1. The van der Waals surface area contributed by atoms with Gasteiger partial charge in [0.25, 0.3) is 0 Å². The van der Waals surface area contributed by atoms with E-state index in [1.54, 1.807) is 0 Å². The Kier molecular flexibility index (Phi) is 4.96. The second-order valence-corrected chi connectivity index (χ2v) is 8.38. The minimum atomic E-state index is -0.183. The molecule has 4 atom stereocenters. The number of piperidine rings is 1. The standard InChI is InChI=1S/C22H31NO3/c1-3-15(2)21(24)26-14-25-17-8-7-16-12-20-18-6-4-5-9-22(18,10-11-23-20)19(16)13-17/h7-8,13,15,18,20,23H,3-6,9-12,14H2,1-2H3/t15?,18-,20-,22+/m1/s1. The number of esters is 1. The smallest absolute Gasteiger partial charge is 0.311 e. The summed E-state index contributed by atoms with van der Waals surface area (Å²) < 4.78 is 11.1. The fraction of sp³-hybridized carbons (Fsp3) is 0.682. The quantitative estimate of drug-likeness (QED) is 0.640. The fourth-order valence-electron chi connectivity index (χ4n) is 5.46. The van der Waals surface area contributed by atoms with Crippen LogP contribution in [0.4, 0.5) is 0 Å². The number of hydrogen-bond donors (Lipinski definition) is 1. The summed E-state index contributed by atoms with van der Waals surface area (Å²) in [5.74, 6) is 1.33. The van der Waals surface area contributed by atoms with Gasteiger partial charge in [-0.1, -0.05) is 32.8 Å². The van der Waals surface area contributed by atoms with E-state index in [9.17, 15) is 4.79 Å². The number of fused-ring (bicyclic) bond motifs is 1. The van der Waals surface area contributed by atoms with Crippen LogP contribution in [0.25, 0.3) is 0 Å². The molecular weight excluding hydrogens is 326 g/mol. The second-order valence-electron chi connectivity index (χ2n) is 8.38. The highest BCUT2D eigenvalue weighted by Crippen LogP contribution is 2.54. The van der Waals surface area contributed by atoms with E-state index in [0.29, 0.717) is 11.5 Å². The van der Waals surface area contributed by atoms with Gasteiger partial charge < -0.3 is 14.8 Å². The van der Waals surface area contributed by atoms with Crippen LogP contribution in [0.15, 0.2) is 18.2 Å². The number of benzene rings is 1. The van der Waals surface area contributed by atoms with E-state index in [-0.39, 0.29) is 18.7 Å². The molecule has 0 spiro atoms. The van der Waals surface area contributed by atoms with Crippen LogP contribution in [-0.2, 0) is 21.4 Å². The third-order valence-corrected chi connectivity index (χ3v) is 7.06. The molecule has 2 aliphatic carbocycles. The van der Waals surface area contributed by atoms with E-state index in [0.717, 1.165) is 31.1 Å². The number of ether oxygens (including phenoxy) is 2. The zero-order valence-corrected chi connectivity index (χ0v) is 16.1. The van der Waals surface area contributed by atoms with Crippen LogP contribution in [0.3, 0.4) is 0 Å². The van der Waals surface area contributed by atoms with E-state index in [2.05, 4.69) is 17.4 Å². The molecule has 142 valence electrons. The lowest BCUT2D eigenvalue weighted by molar-refractivity contribution is -0.154. The van der Waals surface area contributed by atoms with Crippen molar-refractivity contribution in [1.82, 2.24) is 5.32 Å². The molecule has 1 aromatic carbocycles. The molecule has 2 fully saturated rings. The van der Waals surface area contributed by atoms with Crippen LogP contribution in [-0.4, -0.2) is 25.3 Å². The summed E-state index contributed by atoms with van der Waals surface area (Å²) in [5.41, 5.74) is 3.31. The molecule has 4 nitrogen and oxygen atoms in total. The van der Waals surface area contributed by atoms with Crippen molar-refractivity contribution < 1.29 is 14.3 Å². The lowest BCUT2D eigenvalue weighted by atomic mass is 9.53. The third kappa shape index (κ3) is 3.02. The van der Waals surface area contributed by atoms with Crippen molar-refractivity contribution in [3.05, 3.63) is 29.3 Å². The van der Waals surface area contributed by atoms with Crippen molar-refractivity contribution in [1.29, 1.82) is 0 Å². The number of rotatable bonds is 5. The van der Waals surface area contributed by atoms with Crippen molar-refractivity contribution in [2.45, 2.75) is 70.3 Å². The fourth-order valence-corrected chi connectivity index (χ4v) is 5.46. The van der Waals surface area contributed by atoms with Gasteiger partial charge in [-0.25, -0.2) is 0 Å². The minimum Gasteiger partial charge on any atom is -0.457 e. The molecule has 1 aromatic rings. The first-order valence-electron chi connectivity index (χ1n) is 10.3. The SMILES string of the molecule is CCC(C)C(=O)OCOc1ccc2c(c1)[C@]13CCCC[C@@H]1[C@@H](C2)NCC3. The maximum atomic E-state index is 11.8. The molecule has 2 bridgehead atoms. The monoisotopic (exact) mass is 357 g/mol. The Labute approximate surface area is 156 Å². The van der Waals surface area contributed by atoms with E-state index in [4.69, 9.17) is 9.47 Å². The lowest BCUT2D eigenvalue weighted by Crippen LogP contribution is -2.59. The molecule has 0 amide bonds. The van der Waals surface area contributed by atoms with Gasteiger partial charge in [0, 0.05) is 11.5 Å². The Bertz CT molecular complexity index is 669. The van der Waals surface area contributed by atoms with Crippen molar-refractivity contribution in [3.8, 4) is 5.75 Å². The van der Waals surface area contributed by atoms with Crippen molar-refractivity contribution >= 4 is 5.97 Å². The largest absolute Gasteiger partial charge is 0.457 e. The summed E-state index contributed by atoms with van der Waals surface area (Å²) in [4.78, 5) is 11.8. The Balaban J connectivity index is 1.52. The van der Waals surface area contributed by atoms with Gasteiger partial charge >= 0.3 is 5.97 Å². The Hall–Kier alpha value is -1.55. The zero-order chi connectivity index (χ0) is 18.1. The van der Waals surface area contributed by atoms with Gasteiger partial charge in [0.15, 0.2) is 0 Å². The summed E-state index contributed by atoms with van der Waals surface area (Å²) in [7, 11) is 0. The predicted molar refractivity (Wildman–Crippen MR) is 101 cm³/mol. The maximum Gasteiger partial charge on any atom is 0.311 e. The first kappa shape index (κ1) is 17.8. The van der Waals surface area contributed by atoms with Gasteiger partial charge in [-0.3, -0.25) is 4.79 Å². The Morgan fingerprint density at radius 2 is 2.23 bits per heavy atom. The molecule has 4 heteroatoms. The van der Waals surface area contributed by atoms with E-state index >= 15 is 0 Å². The van der Waals surface area contributed by atoms with E-state index in [1.807, 2.05) is 19.9 Å². The van der Waals surface area contributed by atoms with Crippen LogP contribution in [0, 0.1) is 11.8 Å². The van der Waals surface area contributed by atoms with Crippen LogP contribution >= 0.6 is 0 Å². The summed E-state index contributed by atoms with van der Waals surface area (Å²) in [5, 5.41) is 3.77. The summed E-state index contributed by atoms with van der Waals surface area (Å²) in [6, 6.07) is 7.14. The summed E-state index contributed by atoms with van der Waals surface area (Å²) in [6.07, 6.45) is 8.49. The summed E-state index contributed by atoms with van der Waals surface area (Å²) in [6.45, 7) is 5.00. The van der Waals surface area contributed by atoms with Gasteiger partial charge in [-0.15, -0.1) is 0 Å². The van der Waals surface area contributed by atoms with Crippen LogP contribution in [0.1, 0.15) is 63.5 Å². The van der Waals surface area contributed by atoms with Crippen molar-refractivity contribution in [3.63, 3.8) is 0 Å². The average molecular weight is 357 g/mol. The molecule has 26 heavy (non-hydrogen) atoms. The van der Waals surface area contributed by atoms with Crippen LogP contribution in [0.5, 0.6) is 5.75 Å². The van der Waals surface area contributed by atoms with E-state index < -0.39 is 0 Å². The molecule has 0 radical (unpaired) electrons. The van der Waals surface area contributed by atoms with Gasteiger partial charge in [0.2, 0.25) is 6.79 Å². The molecule has 1 heterocycles. The normalized spacial score (nSPS) is 30.7. The molecule has 3 aliphatic rings. The highest BCUT2D eigenvalue weighted by molar-refractivity contribution is 5.71. The Morgan fingerprint density at radius 1 is 1.35 bits per heavy atom. The predicted octanol–water partition coefficient (Wildman–Crippen LogP) is 3.96. The lowest BCUT2D eigenvalue weighted by Gasteiger charge is -2.56. The number of hydrogen-bond acceptors (Lipinski definition) is 4. The average Bonchev–Trinajstić information content (AvgIpc) is 2.67. The molecule has 1 unspecified atom stereocenters. The number of nitrogens with one attached hydrogen (secondary N) is 1. The van der Waals surface area contributed by atoms with Crippen LogP contribution in [0.2, 0.25) is 0 Å². The molecule has 4 rings (SSSR count).